The minimum absolute atomic E-state index is 0.0259. The van der Waals surface area contributed by atoms with Crippen LogP contribution in [0.1, 0.15) is 34.1 Å². The van der Waals surface area contributed by atoms with Gasteiger partial charge in [-0.3, -0.25) is 19.3 Å². The van der Waals surface area contributed by atoms with E-state index in [0.717, 1.165) is 0 Å². The Kier molecular flexibility index (Phi) is 7.68. The highest BCUT2D eigenvalue weighted by molar-refractivity contribution is 6.03. The van der Waals surface area contributed by atoms with Crippen molar-refractivity contribution in [2.45, 2.75) is 34.1 Å². The molecule has 2 amide bonds. The number of ether oxygens (including phenoxy) is 2. The largest absolute Gasteiger partial charge is 0.377 e. The smallest absolute Gasteiger partial charge is 0.233 e. The molecule has 1 heterocycles. The van der Waals surface area contributed by atoms with Gasteiger partial charge in [0, 0.05) is 18.3 Å². The first kappa shape index (κ1) is 18.8. The van der Waals surface area contributed by atoms with Crippen molar-refractivity contribution in [3.63, 3.8) is 0 Å². The lowest BCUT2D eigenvalue weighted by atomic mass is 9.94. The molecule has 1 aliphatic heterocycles. The number of imide groups is 1. The molecule has 0 N–H and O–H groups in total. The zero-order chi connectivity index (χ0) is 16.7. The van der Waals surface area contributed by atoms with E-state index in [1.165, 1.54) is 4.90 Å². The maximum Gasteiger partial charge on any atom is 0.233 e. The quantitative estimate of drug-likeness (QED) is 0.449. The van der Waals surface area contributed by atoms with Crippen LogP contribution in [0.4, 0.5) is 0 Å². The Labute approximate surface area is 132 Å². The van der Waals surface area contributed by atoms with E-state index >= 15 is 0 Å². The van der Waals surface area contributed by atoms with Crippen LogP contribution in [0.25, 0.3) is 0 Å². The van der Waals surface area contributed by atoms with Gasteiger partial charge in [0.15, 0.2) is 5.78 Å². The molecule has 0 saturated carbocycles. The molecule has 0 radical (unpaired) electrons. The number of hydrogen-bond donors (Lipinski definition) is 0. The Morgan fingerprint density at radius 1 is 1.14 bits per heavy atom. The van der Waals surface area contributed by atoms with Gasteiger partial charge >= 0.3 is 0 Å². The highest BCUT2D eigenvalue weighted by atomic mass is 16.5. The third-order valence-electron chi connectivity index (χ3n) is 3.80. The van der Waals surface area contributed by atoms with Crippen molar-refractivity contribution < 1.29 is 23.9 Å². The van der Waals surface area contributed by atoms with Gasteiger partial charge in [-0.15, -0.1) is 0 Å². The summed E-state index contributed by atoms with van der Waals surface area (Å²) in [6, 6.07) is 0. The molecule has 0 bridgehead atoms. The lowest BCUT2D eigenvalue weighted by molar-refractivity contribution is -0.140. The summed E-state index contributed by atoms with van der Waals surface area (Å²) in [5.41, 5.74) is 0. The van der Waals surface area contributed by atoms with E-state index in [1.807, 2.05) is 27.7 Å². The fraction of sp³-hybridized carbons (Fsp3) is 0.812. The standard InChI is InChI=1S/C16H27NO5/c1-11(2)13-9-15(19)17(16(13)20)5-6-21-7-8-22-10-14(18)12(3)4/h11-13H,5-10H2,1-4H3. The number of carbonyl (C=O) groups excluding carboxylic acids is 3. The van der Waals surface area contributed by atoms with Crippen LogP contribution in [0.15, 0.2) is 0 Å². The van der Waals surface area contributed by atoms with Gasteiger partial charge in [-0.1, -0.05) is 27.7 Å². The lowest BCUT2D eigenvalue weighted by Crippen LogP contribution is -2.34. The molecule has 6 nitrogen and oxygen atoms in total. The van der Waals surface area contributed by atoms with Gasteiger partial charge in [0.1, 0.15) is 6.61 Å². The predicted molar refractivity (Wildman–Crippen MR) is 81.1 cm³/mol. The van der Waals surface area contributed by atoms with Crippen LogP contribution < -0.4 is 0 Å². The summed E-state index contributed by atoms with van der Waals surface area (Å²) in [7, 11) is 0. The molecule has 1 fully saturated rings. The minimum atomic E-state index is -0.196. The van der Waals surface area contributed by atoms with Crippen LogP contribution in [0.2, 0.25) is 0 Å². The second kappa shape index (κ2) is 9.00. The average molecular weight is 313 g/mol. The molecule has 0 aromatic heterocycles. The first-order valence-electron chi connectivity index (χ1n) is 7.87. The van der Waals surface area contributed by atoms with E-state index in [9.17, 15) is 14.4 Å². The molecule has 1 atom stereocenters. The average Bonchev–Trinajstić information content (AvgIpc) is 2.73. The third-order valence-corrected chi connectivity index (χ3v) is 3.80. The fourth-order valence-corrected chi connectivity index (χ4v) is 2.18. The molecule has 126 valence electrons. The summed E-state index contributed by atoms with van der Waals surface area (Å²) in [6.45, 7) is 8.91. The molecule has 22 heavy (non-hydrogen) atoms. The number of rotatable bonds is 10. The van der Waals surface area contributed by atoms with Crippen molar-refractivity contribution >= 4 is 17.6 Å². The predicted octanol–water partition coefficient (Wildman–Crippen LogP) is 1.28. The Morgan fingerprint density at radius 3 is 2.32 bits per heavy atom. The topological polar surface area (TPSA) is 72.9 Å². The first-order valence-corrected chi connectivity index (χ1v) is 7.87. The molecular weight excluding hydrogens is 286 g/mol. The van der Waals surface area contributed by atoms with Gasteiger partial charge < -0.3 is 9.47 Å². The first-order chi connectivity index (χ1) is 10.3. The number of nitrogens with zero attached hydrogens (tertiary/aromatic N) is 1. The van der Waals surface area contributed by atoms with Crippen molar-refractivity contribution in [3.05, 3.63) is 0 Å². The van der Waals surface area contributed by atoms with Crippen molar-refractivity contribution in [2.24, 2.45) is 17.8 Å². The Morgan fingerprint density at radius 2 is 1.77 bits per heavy atom. The fourth-order valence-electron chi connectivity index (χ4n) is 2.18. The minimum Gasteiger partial charge on any atom is -0.377 e. The monoisotopic (exact) mass is 313 g/mol. The van der Waals surface area contributed by atoms with E-state index in [4.69, 9.17) is 9.47 Å². The Balaban J connectivity index is 2.14. The van der Waals surface area contributed by atoms with Crippen LogP contribution in [0, 0.1) is 17.8 Å². The molecule has 0 aliphatic carbocycles. The lowest BCUT2D eigenvalue weighted by Gasteiger charge is -2.16. The number of carbonyl (C=O) groups is 3. The summed E-state index contributed by atoms with van der Waals surface area (Å²) in [6.07, 6.45) is 0.303. The summed E-state index contributed by atoms with van der Waals surface area (Å²) < 4.78 is 10.5. The summed E-state index contributed by atoms with van der Waals surface area (Å²) >= 11 is 0. The molecule has 6 heteroatoms. The van der Waals surface area contributed by atoms with Crippen LogP contribution in [-0.4, -0.2) is 55.5 Å². The van der Waals surface area contributed by atoms with Gasteiger partial charge in [0.25, 0.3) is 0 Å². The number of ketones is 1. The highest BCUT2D eigenvalue weighted by Gasteiger charge is 2.39. The number of amides is 2. The van der Waals surface area contributed by atoms with Crippen LogP contribution in [-0.2, 0) is 23.9 Å². The van der Waals surface area contributed by atoms with Crippen molar-refractivity contribution in [1.82, 2.24) is 4.90 Å². The summed E-state index contributed by atoms with van der Waals surface area (Å²) in [4.78, 5) is 36.4. The Hall–Kier alpha value is -1.27. The second-order valence-electron chi connectivity index (χ2n) is 6.22. The molecule has 1 saturated heterocycles. The maximum atomic E-state index is 12.0. The van der Waals surface area contributed by atoms with E-state index in [0.29, 0.717) is 26.2 Å². The van der Waals surface area contributed by atoms with E-state index < -0.39 is 0 Å². The molecule has 1 rings (SSSR count). The zero-order valence-corrected chi connectivity index (χ0v) is 14.0. The van der Waals surface area contributed by atoms with Gasteiger partial charge in [0.2, 0.25) is 11.8 Å². The second-order valence-corrected chi connectivity index (χ2v) is 6.22. The highest BCUT2D eigenvalue weighted by Crippen LogP contribution is 2.25. The Bertz CT molecular complexity index is 405. The van der Waals surface area contributed by atoms with Crippen LogP contribution in [0.3, 0.4) is 0 Å². The maximum absolute atomic E-state index is 12.0. The number of hydrogen-bond acceptors (Lipinski definition) is 5. The number of likely N-dealkylation sites (tertiary alicyclic amines) is 1. The number of Topliss-reactive ketones (excluding diaryl/α,β-unsaturated/α-hetero) is 1. The third kappa shape index (κ3) is 5.50. The normalized spacial score (nSPS) is 18.8. The van der Waals surface area contributed by atoms with E-state index in [-0.39, 0.29) is 48.5 Å². The zero-order valence-electron chi connectivity index (χ0n) is 14.0. The molecule has 0 aromatic carbocycles. The summed E-state index contributed by atoms with van der Waals surface area (Å²) in [5, 5.41) is 0. The SMILES string of the molecule is CC(C)C(=O)COCCOCCN1C(=O)CC(C(C)C)C1=O. The molecule has 0 spiro atoms. The van der Waals surface area contributed by atoms with Crippen molar-refractivity contribution in [2.75, 3.05) is 33.0 Å². The van der Waals surface area contributed by atoms with Crippen LogP contribution >= 0.6 is 0 Å². The van der Waals surface area contributed by atoms with Crippen molar-refractivity contribution in [3.8, 4) is 0 Å². The molecule has 1 unspecified atom stereocenters. The molecule has 0 aromatic rings. The van der Waals surface area contributed by atoms with E-state index in [2.05, 4.69) is 0 Å². The molecule has 1 aliphatic rings. The van der Waals surface area contributed by atoms with Gasteiger partial charge in [-0.05, 0) is 5.92 Å². The van der Waals surface area contributed by atoms with Gasteiger partial charge in [-0.2, -0.15) is 0 Å². The van der Waals surface area contributed by atoms with E-state index in [1.54, 1.807) is 0 Å². The molecular formula is C16H27NO5. The van der Waals surface area contributed by atoms with Gasteiger partial charge in [0.05, 0.1) is 26.4 Å². The van der Waals surface area contributed by atoms with Crippen LogP contribution in [0.5, 0.6) is 0 Å². The van der Waals surface area contributed by atoms with Crippen molar-refractivity contribution in [1.29, 1.82) is 0 Å². The van der Waals surface area contributed by atoms with Gasteiger partial charge in [-0.25, -0.2) is 0 Å². The summed E-state index contributed by atoms with van der Waals surface area (Å²) in [5.74, 6) is -0.199.